The molecule has 1 amide bonds. The fourth-order valence-corrected chi connectivity index (χ4v) is 3.23. The molecule has 1 saturated heterocycles. The van der Waals surface area contributed by atoms with Gasteiger partial charge in [0, 0.05) is 24.9 Å². The number of likely N-dealkylation sites (tertiary alicyclic amines) is 1. The molecule has 102 valence electrons. The molecule has 2 rings (SSSR count). The van der Waals surface area contributed by atoms with Gasteiger partial charge in [-0.05, 0) is 39.0 Å². The summed E-state index contributed by atoms with van der Waals surface area (Å²) >= 11 is 0. The molecule has 0 N–H and O–H groups in total. The number of piperidine rings is 1. The van der Waals surface area contributed by atoms with Crippen LogP contribution in [0.3, 0.4) is 0 Å². The summed E-state index contributed by atoms with van der Waals surface area (Å²) in [7, 11) is 0. The quantitative estimate of drug-likeness (QED) is 0.760. The first-order valence-corrected chi connectivity index (χ1v) is 7.20. The van der Waals surface area contributed by atoms with Crippen molar-refractivity contribution < 1.29 is 14.3 Å². The number of amides is 1. The van der Waals surface area contributed by atoms with Gasteiger partial charge in [-0.1, -0.05) is 6.42 Å². The fourth-order valence-electron chi connectivity index (χ4n) is 3.23. The summed E-state index contributed by atoms with van der Waals surface area (Å²) in [5.74, 6) is 0.408. The van der Waals surface area contributed by atoms with Crippen molar-refractivity contribution in [2.45, 2.75) is 57.9 Å². The van der Waals surface area contributed by atoms with E-state index in [1.165, 1.54) is 0 Å². The Morgan fingerprint density at radius 1 is 1.28 bits per heavy atom. The van der Waals surface area contributed by atoms with Crippen LogP contribution in [-0.4, -0.2) is 36.0 Å². The average molecular weight is 253 g/mol. The SMILES string of the molecule is CCOC(=O)N1CCCCC1C1CCCCC1=O. The smallest absolute Gasteiger partial charge is 0.410 e. The number of hydrogen-bond acceptors (Lipinski definition) is 3. The van der Waals surface area contributed by atoms with E-state index in [9.17, 15) is 9.59 Å². The van der Waals surface area contributed by atoms with Gasteiger partial charge < -0.3 is 9.64 Å². The van der Waals surface area contributed by atoms with Gasteiger partial charge in [0.2, 0.25) is 0 Å². The van der Waals surface area contributed by atoms with E-state index in [-0.39, 0.29) is 18.1 Å². The van der Waals surface area contributed by atoms with Crippen LogP contribution >= 0.6 is 0 Å². The Kier molecular flexibility index (Phi) is 4.61. The number of carbonyl (C=O) groups is 2. The van der Waals surface area contributed by atoms with Gasteiger partial charge in [-0.15, -0.1) is 0 Å². The highest BCUT2D eigenvalue weighted by Gasteiger charge is 2.37. The molecule has 2 unspecified atom stereocenters. The summed E-state index contributed by atoms with van der Waals surface area (Å²) < 4.78 is 5.11. The van der Waals surface area contributed by atoms with Crippen molar-refractivity contribution in [1.82, 2.24) is 4.90 Å². The minimum atomic E-state index is -0.236. The van der Waals surface area contributed by atoms with Crippen LogP contribution in [0.1, 0.15) is 51.9 Å². The zero-order chi connectivity index (χ0) is 13.0. The molecule has 18 heavy (non-hydrogen) atoms. The molecule has 0 aromatic heterocycles. The second kappa shape index (κ2) is 6.21. The fraction of sp³-hybridized carbons (Fsp3) is 0.857. The van der Waals surface area contributed by atoms with Crippen LogP contribution in [0.25, 0.3) is 0 Å². The number of hydrogen-bond donors (Lipinski definition) is 0. The minimum absolute atomic E-state index is 0.0588. The van der Waals surface area contributed by atoms with Gasteiger partial charge in [-0.3, -0.25) is 4.79 Å². The third-order valence-corrected chi connectivity index (χ3v) is 4.12. The lowest BCUT2D eigenvalue weighted by Gasteiger charge is -2.40. The largest absolute Gasteiger partial charge is 0.450 e. The molecule has 0 spiro atoms. The Morgan fingerprint density at radius 3 is 2.78 bits per heavy atom. The lowest BCUT2D eigenvalue weighted by Crippen LogP contribution is -2.50. The zero-order valence-corrected chi connectivity index (χ0v) is 11.2. The van der Waals surface area contributed by atoms with E-state index in [1.54, 1.807) is 4.90 Å². The summed E-state index contributed by atoms with van der Waals surface area (Å²) in [6.45, 7) is 2.97. The van der Waals surface area contributed by atoms with E-state index in [4.69, 9.17) is 4.74 Å². The van der Waals surface area contributed by atoms with Crippen LogP contribution in [0.2, 0.25) is 0 Å². The van der Waals surface area contributed by atoms with Gasteiger partial charge in [-0.2, -0.15) is 0 Å². The van der Waals surface area contributed by atoms with E-state index in [1.807, 2.05) is 6.92 Å². The maximum atomic E-state index is 12.0. The molecule has 2 atom stereocenters. The third-order valence-electron chi connectivity index (χ3n) is 4.12. The van der Waals surface area contributed by atoms with Crippen molar-refractivity contribution in [2.24, 2.45) is 5.92 Å². The van der Waals surface area contributed by atoms with E-state index in [2.05, 4.69) is 0 Å². The molecule has 0 aromatic rings. The molecule has 2 aliphatic rings. The third kappa shape index (κ3) is 2.85. The Morgan fingerprint density at radius 2 is 2.06 bits per heavy atom. The van der Waals surface area contributed by atoms with Gasteiger partial charge >= 0.3 is 6.09 Å². The van der Waals surface area contributed by atoms with Crippen LogP contribution in [0.15, 0.2) is 0 Å². The molecule has 4 nitrogen and oxygen atoms in total. The van der Waals surface area contributed by atoms with E-state index >= 15 is 0 Å². The Balaban J connectivity index is 2.06. The number of nitrogens with zero attached hydrogens (tertiary/aromatic N) is 1. The van der Waals surface area contributed by atoms with Crippen molar-refractivity contribution in [1.29, 1.82) is 0 Å². The molecule has 0 bridgehead atoms. The summed E-state index contributed by atoms with van der Waals surface area (Å²) in [5, 5.41) is 0. The number of Topliss-reactive ketones (excluding diaryl/α,β-unsaturated/α-hetero) is 1. The maximum Gasteiger partial charge on any atom is 0.410 e. The second-order valence-corrected chi connectivity index (χ2v) is 5.27. The lowest BCUT2D eigenvalue weighted by atomic mass is 9.79. The highest BCUT2D eigenvalue weighted by Crippen LogP contribution is 2.32. The zero-order valence-electron chi connectivity index (χ0n) is 11.2. The maximum absolute atomic E-state index is 12.0. The Hall–Kier alpha value is -1.06. The number of ketones is 1. The topological polar surface area (TPSA) is 46.6 Å². The molecule has 2 fully saturated rings. The monoisotopic (exact) mass is 253 g/mol. The van der Waals surface area contributed by atoms with Crippen LogP contribution in [-0.2, 0) is 9.53 Å². The number of carbonyl (C=O) groups excluding carboxylic acids is 2. The van der Waals surface area contributed by atoms with Crippen molar-refractivity contribution in [3.8, 4) is 0 Å². The Labute approximate surface area is 109 Å². The molecular formula is C14H23NO3. The van der Waals surface area contributed by atoms with Crippen LogP contribution in [0.5, 0.6) is 0 Å². The van der Waals surface area contributed by atoms with Crippen LogP contribution in [0, 0.1) is 5.92 Å². The summed E-state index contributed by atoms with van der Waals surface area (Å²) in [6, 6.07) is 0.0885. The summed E-state index contributed by atoms with van der Waals surface area (Å²) in [6.07, 6.45) is 6.62. The average Bonchev–Trinajstić information content (AvgIpc) is 2.40. The first kappa shape index (κ1) is 13.4. The summed E-state index contributed by atoms with van der Waals surface area (Å²) in [4.78, 5) is 25.8. The van der Waals surface area contributed by atoms with Crippen LogP contribution < -0.4 is 0 Å². The number of ether oxygens (including phenoxy) is 1. The predicted molar refractivity (Wildman–Crippen MR) is 68.3 cm³/mol. The molecule has 1 aliphatic carbocycles. The highest BCUT2D eigenvalue weighted by molar-refractivity contribution is 5.83. The van der Waals surface area contributed by atoms with Crippen molar-refractivity contribution >= 4 is 11.9 Å². The number of rotatable bonds is 2. The van der Waals surface area contributed by atoms with Gasteiger partial charge in [0.05, 0.1) is 6.61 Å². The lowest BCUT2D eigenvalue weighted by molar-refractivity contribution is -0.127. The molecular weight excluding hydrogens is 230 g/mol. The molecule has 1 aliphatic heterocycles. The molecule has 1 saturated carbocycles. The second-order valence-electron chi connectivity index (χ2n) is 5.27. The minimum Gasteiger partial charge on any atom is -0.450 e. The highest BCUT2D eigenvalue weighted by atomic mass is 16.6. The predicted octanol–water partition coefficient (Wildman–Crippen LogP) is 2.76. The van der Waals surface area contributed by atoms with Crippen molar-refractivity contribution in [3.63, 3.8) is 0 Å². The normalized spacial score (nSPS) is 29.2. The standard InChI is InChI=1S/C14H23NO3/c1-2-18-14(17)15-10-6-5-8-12(15)11-7-3-4-9-13(11)16/h11-12H,2-10H2,1H3. The van der Waals surface area contributed by atoms with Crippen LogP contribution in [0.4, 0.5) is 4.79 Å². The molecule has 0 aromatic carbocycles. The molecule has 0 radical (unpaired) electrons. The van der Waals surface area contributed by atoms with Crippen molar-refractivity contribution in [3.05, 3.63) is 0 Å². The van der Waals surface area contributed by atoms with Gasteiger partial charge in [0.1, 0.15) is 5.78 Å². The van der Waals surface area contributed by atoms with E-state index in [0.717, 1.165) is 45.1 Å². The van der Waals surface area contributed by atoms with Crippen molar-refractivity contribution in [2.75, 3.05) is 13.2 Å². The first-order chi connectivity index (χ1) is 8.74. The molecule has 4 heteroatoms. The van der Waals surface area contributed by atoms with Gasteiger partial charge in [-0.25, -0.2) is 4.79 Å². The first-order valence-electron chi connectivity index (χ1n) is 7.20. The van der Waals surface area contributed by atoms with Gasteiger partial charge in [0.15, 0.2) is 0 Å². The molecule has 1 heterocycles. The van der Waals surface area contributed by atoms with E-state index in [0.29, 0.717) is 18.8 Å². The van der Waals surface area contributed by atoms with Gasteiger partial charge in [0.25, 0.3) is 0 Å². The summed E-state index contributed by atoms with van der Waals surface area (Å²) in [5.41, 5.74) is 0. The Bertz CT molecular complexity index is 316. The van der Waals surface area contributed by atoms with E-state index < -0.39 is 0 Å².